The summed E-state index contributed by atoms with van der Waals surface area (Å²) in [6, 6.07) is 23.5. The van der Waals surface area contributed by atoms with Crippen molar-refractivity contribution < 1.29 is 9.53 Å². The molecule has 0 atom stereocenters. The van der Waals surface area contributed by atoms with Gasteiger partial charge in [-0.15, -0.1) is 0 Å². The van der Waals surface area contributed by atoms with Crippen molar-refractivity contribution in [3.63, 3.8) is 0 Å². The molecule has 3 rings (SSSR count). The Kier molecular flexibility index (Phi) is 5.94. The minimum absolute atomic E-state index is 0.202. The van der Waals surface area contributed by atoms with Gasteiger partial charge in [-0.05, 0) is 41.7 Å². The Balaban J connectivity index is 1.64. The minimum atomic E-state index is -0.386. The van der Waals surface area contributed by atoms with Crippen LogP contribution in [-0.4, -0.2) is 17.6 Å². The highest BCUT2D eigenvalue weighted by molar-refractivity contribution is 5.82. The van der Waals surface area contributed by atoms with E-state index >= 15 is 0 Å². The van der Waals surface area contributed by atoms with Gasteiger partial charge in [0.15, 0.2) is 0 Å². The molecule has 1 heterocycles. The van der Waals surface area contributed by atoms with Gasteiger partial charge in [-0.25, -0.2) is 0 Å². The van der Waals surface area contributed by atoms with Crippen LogP contribution in [0.15, 0.2) is 85.2 Å². The van der Waals surface area contributed by atoms with Crippen molar-refractivity contribution in [2.45, 2.75) is 18.8 Å². The number of ether oxygens (including phenoxy) is 1. The first-order chi connectivity index (χ1) is 12.3. The third-order valence-corrected chi connectivity index (χ3v) is 4.10. The van der Waals surface area contributed by atoms with E-state index in [1.807, 2.05) is 72.8 Å². The molecule has 0 fully saturated rings. The molecule has 3 heteroatoms. The fourth-order valence-electron chi connectivity index (χ4n) is 2.84. The summed E-state index contributed by atoms with van der Waals surface area (Å²) in [5.41, 5.74) is 3.11. The number of rotatable bonds is 7. The molecule has 2 aromatic carbocycles. The van der Waals surface area contributed by atoms with Crippen molar-refractivity contribution in [1.29, 1.82) is 0 Å². The SMILES string of the molecule is O=C(OCCCc1ccncc1)C(c1ccccc1)c1ccccc1. The van der Waals surface area contributed by atoms with Gasteiger partial charge in [-0.1, -0.05) is 60.7 Å². The number of aryl methyl sites for hydroxylation is 1. The van der Waals surface area contributed by atoms with E-state index in [0.29, 0.717) is 6.61 Å². The molecule has 126 valence electrons. The molecule has 0 spiro atoms. The summed E-state index contributed by atoms with van der Waals surface area (Å²) in [7, 11) is 0. The highest BCUT2D eigenvalue weighted by Crippen LogP contribution is 2.26. The van der Waals surface area contributed by atoms with E-state index in [-0.39, 0.29) is 11.9 Å². The fraction of sp³-hybridized carbons (Fsp3) is 0.182. The van der Waals surface area contributed by atoms with Gasteiger partial charge in [-0.3, -0.25) is 9.78 Å². The maximum absolute atomic E-state index is 12.7. The molecule has 0 saturated carbocycles. The third kappa shape index (κ3) is 4.77. The summed E-state index contributed by atoms with van der Waals surface area (Å²) in [5.74, 6) is -0.588. The second-order valence-corrected chi connectivity index (χ2v) is 5.88. The van der Waals surface area contributed by atoms with Crippen LogP contribution in [0.1, 0.15) is 29.0 Å². The molecule has 0 aliphatic rings. The molecule has 0 aliphatic heterocycles. The molecule has 0 bridgehead atoms. The Morgan fingerprint density at radius 2 is 1.40 bits per heavy atom. The van der Waals surface area contributed by atoms with Crippen LogP contribution >= 0.6 is 0 Å². The van der Waals surface area contributed by atoms with Crippen LogP contribution in [0.25, 0.3) is 0 Å². The lowest BCUT2D eigenvalue weighted by molar-refractivity contribution is -0.144. The van der Waals surface area contributed by atoms with Crippen LogP contribution in [0.2, 0.25) is 0 Å². The Morgan fingerprint density at radius 1 is 0.840 bits per heavy atom. The summed E-state index contributed by atoms with van der Waals surface area (Å²) in [5, 5.41) is 0. The summed E-state index contributed by atoms with van der Waals surface area (Å²) in [6.45, 7) is 0.414. The Hall–Kier alpha value is -2.94. The van der Waals surface area contributed by atoms with Gasteiger partial charge in [0.05, 0.1) is 6.61 Å². The average Bonchev–Trinajstić information content (AvgIpc) is 2.68. The maximum Gasteiger partial charge on any atom is 0.317 e. The van der Waals surface area contributed by atoms with E-state index in [1.165, 1.54) is 5.56 Å². The molecule has 1 aromatic heterocycles. The van der Waals surface area contributed by atoms with Gasteiger partial charge in [0.2, 0.25) is 0 Å². The van der Waals surface area contributed by atoms with Crippen LogP contribution < -0.4 is 0 Å². The molecule has 0 radical (unpaired) electrons. The van der Waals surface area contributed by atoms with Crippen molar-refractivity contribution in [3.05, 3.63) is 102 Å². The van der Waals surface area contributed by atoms with E-state index < -0.39 is 0 Å². The molecule has 0 aliphatic carbocycles. The van der Waals surface area contributed by atoms with Crippen LogP contribution in [0, 0.1) is 0 Å². The number of nitrogens with zero attached hydrogens (tertiary/aromatic N) is 1. The molecule has 3 aromatic rings. The molecule has 3 nitrogen and oxygen atoms in total. The topological polar surface area (TPSA) is 39.2 Å². The second kappa shape index (κ2) is 8.78. The molecule has 0 saturated heterocycles. The van der Waals surface area contributed by atoms with Gasteiger partial charge in [0.1, 0.15) is 5.92 Å². The lowest BCUT2D eigenvalue weighted by Crippen LogP contribution is -2.18. The quantitative estimate of drug-likeness (QED) is 0.476. The zero-order valence-electron chi connectivity index (χ0n) is 14.0. The smallest absolute Gasteiger partial charge is 0.317 e. The zero-order chi connectivity index (χ0) is 17.3. The van der Waals surface area contributed by atoms with Crippen LogP contribution in [0.3, 0.4) is 0 Å². The van der Waals surface area contributed by atoms with Crippen LogP contribution in [-0.2, 0) is 16.0 Å². The van der Waals surface area contributed by atoms with Crippen LogP contribution in [0.5, 0.6) is 0 Å². The molecule has 0 unspecified atom stereocenters. The number of aromatic nitrogens is 1. The number of benzene rings is 2. The number of pyridine rings is 1. The number of hydrogen-bond acceptors (Lipinski definition) is 3. The van der Waals surface area contributed by atoms with Gasteiger partial charge >= 0.3 is 5.97 Å². The molecular weight excluding hydrogens is 310 g/mol. The van der Waals surface area contributed by atoms with Gasteiger partial charge in [0, 0.05) is 12.4 Å². The van der Waals surface area contributed by atoms with Gasteiger partial charge in [0.25, 0.3) is 0 Å². The minimum Gasteiger partial charge on any atom is -0.465 e. The number of hydrogen-bond donors (Lipinski definition) is 0. The average molecular weight is 331 g/mol. The van der Waals surface area contributed by atoms with Crippen molar-refractivity contribution >= 4 is 5.97 Å². The van der Waals surface area contributed by atoms with Crippen molar-refractivity contribution in [2.24, 2.45) is 0 Å². The van der Waals surface area contributed by atoms with E-state index in [2.05, 4.69) is 4.98 Å². The van der Waals surface area contributed by atoms with E-state index in [1.54, 1.807) is 12.4 Å². The first-order valence-corrected chi connectivity index (χ1v) is 8.50. The Labute approximate surface area is 148 Å². The summed E-state index contributed by atoms with van der Waals surface area (Å²) < 4.78 is 5.58. The zero-order valence-corrected chi connectivity index (χ0v) is 14.0. The summed E-state index contributed by atoms with van der Waals surface area (Å²) in [4.78, 5) is 16.7. The summed E-state index contributed by atoms with van der Waals surface area (Å²) in [6.07, 6.45) is 5.23. The summed E-state index contributed by atoms with van der Waals surface area (Å²) >= 11 is 0. The maximum atomic E-state index is 12.7. The largest absolute Gasteiger partial charge is 0.465 e. The third-order valence-electron chi connectivity index (χ3n) is 4.10. The van der Waals surface area contributed by atoms with Crippen molar-refractivity contribution in [1.82, 2.24) is 4.98 Å². The van der Waals surface area contributed by atoms with Crippen LogP contribution in [0.4, 0.5) is 0 Å². The van der Waals surface area contributed by atoms with E-state index in [4.69, 9.17) is 4.74 Å². The second-order valence-electron chi connectivity index (χ2n) is 5.88. The van der Waals surface area contributed by atoms with Gasteiger partial charge < -0.3 is 4.74 Å². The normalized spacial score (nSPS) is 10.6. The molecule has 0 amide bonds. The predicted molar refractivity (Wildman–Crippen MR) is 98.2 cm³/mol. The lowest BCUT2D eigenvalue weighted by atomic mass is 9.91. The Bertz CT molecular complexity index is 733. The fourth-order valence-corrected chi connectivity index (χ4v) is 2.84. The first kappa shape index (κ1) is 16.9. The predicted octanol–water partition coefficient (Wildman–Crippen LogP) is 4.39. The van der Waals surface area contributed by atoms with Crippen molar-refractivity contribution in [2.75, 3.05) is 6.61 Å². The van der Waals surface area contributed by atoms with Gasteiger partial charge in [-0.2, -0.15) is 0 Å². The molecule has 0 N–H and O–H groups in total. The standard InChI is InChI=1S/C22H21NO2/c24-22(25-17-7-8-18-13-15-23-16-14-18)21(19-9-3-1-4-10-19)20-11-5-2-6-12-20/h1-6,9-16,21H,7-8,17H2. The molecule has 25 heavy (non-hydrogen) atoms. The van der Waals surface area contributed by atoms with E-state index in [9.17, 15) is 4.79 Å². The number of carbonyl (C=O) groups excluding carboxylic acids is 1. The lowest BCUT2D eigenvalue weighted by Gasteiger charge is -2.17. The van der Waals surface area contributed by atoms with Crippen molar-refractivity contribution in [3.8, 4) is 0 Å². The highest BCUT2D eigenvalue weighted by atomic mass is 16.5. The first-order valence-electron chi connectivity index (χ1n) is 8.50. The Morgan fingerprint density at radius 3 is 1.96 bits per heavy atom. The number of esters is 1. The monoisotopic (exact) mass is 331 g/mol. The number of carbonyl (C=O) groups is 1. The molecular formula is C22H21NO2. The highest BCUT2D eigenvalue weighted by Gasteiger charge is 2.23. The van der Waals surface area contributed by atoms with E-state index in [0.717, 1.165) is 24.0 Å².